The summed E-state index contributed by atoms with van der Waals surface area (Å²) < 4.78 is 0. The van der Waals surface area contributed by atoms with Gasteiger partial charge in [-0.1, -0.05) is 48.5 Å². The van der Waals surface area contributed by atoms with E-state index < -0.39 is 0 Å². The molecule has 0 unspecified atom stereocenters. The molecule has 2 aromatic carbocycles. The molecular formula is C20H16N4OS. The van der Waals surface area contributed by atoms with Crippen LogP contribution in [-0.2, 0) is 0 Å². The molecular weight excluding hydrogens is 344 g/mol. The van der Waals surface area contributed by atoms with Crippen LogP contribution in [0.25, 0.3) is 21.3 Å². The van der Waals surface area contributed by atoms with Gasteiger partial charge in [-0.05, 0) is 35.2 Å². The molecule has 2 heterocycles. The predicted molar refractivity (Wildman–Crippen MR) is 106 cm³/mol. The number of aromatic nitrogens is 2. The summed E-state index contributed by atoms with van der Waals surface area (Å²) in [5, 5.41) is 15.4. The first-order valence-corrected chi connectivity index (χ1v) is 9.02. The summed E-state index contributed by atoms with van der Waals surface area (Å²) >= 11 is 1.59. The Morgan fingerprint density at radius 1 is 1.12 bits per heavy atom. The zero-order valence-electron chi connectivity index (χ0n) is 14.1. The molecule has 128 valence electrons. The highest BCUT2D eigenvalue weighted by Crippen LogP contribution is 2.23. The number of carbonyl (C=O) groups is 1. The molecule has 0 saturated carbocycles. The Morgan fingerprint density at radius 3 is 2.81 bits per heavy atom. The molecule has 6 heteroatoms. The summed E-state index contributed by atoms with van der Waals surface area (Å²) in [6, 6.07) is 19.8. The van der Waals surface area contributed by atoms with E-state index in [1.54, 1.807) is 17.4 Å². The topological polar surface area (TPSA) is 70.1 Å². The monoisotopic (exact) mass is 360 g/mol. The van der Waals surface area contributed by atoms with Crippen molar-refractivity contribution in [2.75, 3.05) is 0 Å². The zero-order valence-corrected chi connectivity index (χ0v) is 14.9. The second-order valence-electron chi connectivity index (χ2n) is 5.81. The molecule has 0 radical (unpaired) electrons. The molecule has 0 spiro atoms. The maximum atomic E-state index is 12.3. The molecule has 0 atom stereocenters. The van der Waals surface area contributed by atoms with Gasteiger partial charge in [0.1, 0.15) is 0 Å². The molecule has 0 saturated heterocycles. The lowest BCUT2D eigenvalue weighted by atomic mass is 10.0. The number of aromatic amines is 1. The third-order valence-electron chi connectivity index (χ3n) is 4.10. The van der Waals surface area contributed by atoms with Crippen LogP contribution in [-0.4, -0.2) is 21.8 Å². The summed E-state index contributed by atoms with van der Waals surface area (Å²) in [6.45, 7) is 1.88. The molecule has 0 aliphatic heterocycles. The number of nitrogens with zero attached hydrogens (tertiary/aromatic N) is 2. The first-order valence-electron chi connectivity index (χ1n) is 8.14. The third-order valence-corrected chi connectivity index (χ3v) is 5.00. The largest absolute Gasteiger partial charge is 0.291 e. The Labute approximate surface area is 154 Å². The number of hydrazone groups is 1. The standard InChI is InChI=1S/C20H16N4OS/c1-13(15-9-4-7-14-6-2-3-8-16(14)15)21-24-20(25)18-12-17(22-23-18)19-10-5-11-26-19/h2-12H,1H3,(H,22,23)(H,24,25)/b21-13-. The smallest absolute Gasteiger partial charge is 0.276 e. The van der Waals surface area contributed by atoms with E-state index in [-0.39, 0.29) is 5.91 Å². The molecule has 4 aromatic rings. The average Bonchev–Trinajstić information content (AvgIpc) is 3.36. The summed E-state index contributed by atoms with van der Waals surface area (Å²) in [5.74, 6) is -0.344. The van der Waals surface area contributed by atoms with E-state index in [4.69, 9.17) is 0 Å². The van der Waals surface area contributed by atoms with Crippen LogP contribution in [0.5, 0.6) is 0 Å². The van der Waals surface area contributed by atoms with E-state index in [0.717, 1.165) is 32.6 Å². The number of hydrogen-bond acceptors (Lipinski definition) is 4. The van der Waals surface area contributed by atoms with Gasteiger partial charge in [0.2, 0.25) is 0 Å². The maximum absolute atomic E-state index is 12.3. The molecule has 5 nitrogen and oxygen atoms in total. The molecule has 0 aliphatic carbocycles. The van der Waals surface area contributed by atoms with Crippen LogP contribution < -0.4 is 5.43 Å². The van der Waals surface area contributed by atoms with Gasteiger partial charge in [0.25, 0.3) is 5.91 Å². The molecule has 2 N–H and O–H groups in total. The van der Waals surface area contributed by atoms with Gasteiger partial charge in [-0.25, -0.2) is 5.43 Å². The van der Waals surface area contributed by atoms with Crippen molar-refractivity contribution in [3.8, 4) is 10.6 Å². The lowest BCUT2D eigenvalue weighted by Crippen LogP contribution is -2.19. The van der Waals surface area contributed by atoms with Crippen LogP contribution in [0.1, 0.15) is 23.0 Å². The van der Waals surface area contributed by atoms with Crippen molar-refractivity contribution in [2.45, 2.75) is 6.92 Å². The predicted octanol–water partition coefficient (Wildman–Crippen LogP) is 4.45. The fourth-order valence-corrected chi connectivity index (χ4v) is 3.48. The van der Waals surface area contributed by atoms with Crippen molar-refractivity contribution in [3.63, 3.8) is 0 Å². The number of thiophene rings is 1. The molecule has 1 amide bonds. The highest BCUT2D eigenvalue weighted by molar-refractivity contribution is 7.13. The number of nitrogens with one attached hydrogen (secondary N) is 2. The van der Waals surface area contributed by atoms with Crippen molar-refractivity contribution >= 4 is 33.7 Å². The lowest BCUT2D eigenvalue weighted by molar-refractivity contribution is 0.0950. The van der Waals surface area contributed by atoms with Gasteiger partial charge in [-0.2, -0.15) is 10.2 Å². The molecule has 4 rings (SSSR count). The van der Waals surface area contributed by atoms with Crippen molar-refractivity contribution in [3.05, 3.63) is 77.3 Å². The average molecular weight is 360 g/mol. The molecule has 2 aromatic heterocycles. The number of benzene rings is 2. The quantitative estimate of drug-likeness (QED) is 0.417. The van der Waals surface area contributed by atoms with E-state index in [1.807, 2.05) is 54.8 Å². The van der Waals surface area contributed by atoms with Gasteiger partial charge >= 0.3 is 0 Å². The van der Waals surface area contributed by atoms with Gasteiger partial charge in [0.15, 0.2) is 5.69 Å². The summed E-state index contributed by atoms with van der Waals surface area (Å²) in [7, 11) is 0. The molecule has 0 fully saturated rings. The number of H-pyrrole nitrogens is 1. The molecule has 0 bridgehead atoms. The first kappa shape index (κ1) is 16.2. The first-order chi connectivity index (χ1) is 12.7. The van der Waals surface area contributed by atoms with Crippen LogP contribution >= 0.6 is 11.3 Å². The van der Waals surface area contributed by atoms with Gasteiger partial charge in [0.05, 0.1) is 16.3 Å². The third kappa shape index (κ3) is 3.14. The highest BCUT2D eigenvalue weighted by atomic mass is 32.1. The van der Waals surface area contributed by atoms with Crippen molar-refractivity contribution < 1.29 is 4.79 Å². The summed E-state index contributed by atoms with van der Waals surface area (Å²) in [5.41, 5.74) is 5.45. The molecule has 26 heavy (non-hydrogen) atoms. The van der Waals surface area contributed by atoms with Crippen LogP contribution in [0.3, 0.4) is 0 Å². The Bertz CT molecular complexity index is 1090. The number of fused-ring (bicyclic) bond motifs is 1. The SMILES string of the molecule is C/C(=N/NC(=O)c1cc(-c2cccs2)[nH]n1)c1cccc2ccccc12. The van der Waals surface area contributed by atoms with Gasteiger partial charge in [-0.3, -0.25) is 9.89 Å². The van der Waals surface area contributed by atoms with Crippen LogP contribution in [0.2, 0.25) is 0 Å². The van der Waals surface area contributed by atoms with Crippen molar-refractivity contribution in [2.24, 2.45) is 5.10 Å². The fourth-order valence-electron chi connectivity index (χ4n) is 2.79. The minimum atomic E-state index is -0.344. The van der Waals surface area contributed by atoms with E-state index in [9.17, 15) is 4.79 Å². The van der Waals surface area contributed by atoms with E-state index in [1.165, 1.54) is 0 Å². The minimum absolute atomic E-state index is 0.308. The fraction of sp³-hybridized carbons (Fsp3) is 0.0500. The number of hydrogen-bond donors (Lipinski definition) is 2. The Kier molecular flexibility index (Phi) is 4.33. The second kappa shape index (κ2) is 6.93. The summed E-state index contributed by atoms with van der Waals surface area (Å²) in [4.78, 5) is 13.4. The van der Waals surface area contributed by atoms with Crippen molar-refractivity contribution in [1.82, 2.24) is 15.6 Å². The van der Waals surface area contributed by atoms with Crippen LogP contribution in [0.15, 0.2) is 71.1 Å². The van der Waals surface area contributed by atoms with Gasteiger partial charge in [-0.15, -0.1) is 11.3 Å². The Morgan fingerprint density at radius 2 is 1.96 bits per heavy atom. The molecule has 0 aliphatic rings. The van der Waals surface area contributed by atoms with Crippen LogP contribution in [0.4, 0.5) is 0 Å². The maximum Gasteiger partial charge on any atom is 0.291 e. The zero-order chi connectivity index (χ0) is 17.9. The van der Waals surface area contributed by atoms with Crippen molar-refractivity contribution in [1.29, 1.82) is 0 Å². The number of carbonyl (C=O) groups excluding carboxylic acids is 1. The van der Waals surface area contributed by atoms with Gasteiger partial charge < -0.3 is 0 Å². The summed E-state index contributed by atoms with van der Waals surface area (Å²) in [6.07, 6.45) is 0. The second-order valence-corrected chi connectivity index (χ2v) is 6.76. The minimum Gasteiger partial charge on any atom is -0.276 e. The van der Waals surface area contributed by atoms with E-state index in [2.05, 4.69) is 32.9 Å². The highest BCUT2D eigenvalue weighted by Gasteiger charge is 2.12. The van der Waals surface area contributed by atoms with E-state index >= 15 is 0 Å². The lowest BCUT2D eigenvalue weighted by Gasteiger charge is -2.06. The number of rotatable bonds is 4. The normalized spacial score (nSPS) is 11.7. The van der Waals surface area contributed by atoms with Crippen LogP contribution in [0, 0.1) is 0 Å². The Hall–Kier alpha value is -3.25. The van der Waals surface area contributed by atoms with E-state index in [0.29, 0.717) is 5.69 Å². The van der Waals surface area contributed by atoms with Gasteiger partial charge in [0, 0.05) is 5.56 Å². The Balaban J connectivity index is 1.54. The number of amides is 1.